The molecule has 88 valence electrons. The highest BCUT2D eigenvalue weighted by atomic mass is 32.2. The van der Waals surface area contributed by atoms with E-state index in [1.807, 2.05) is 16.7 Å². The number of amidine groups is 1. The van der Waals surface area contributed by atoms with E-state index in [0.717, 1.165) is 31.4 Å². The Morgan fingerprint density at radius 2 is 2.31 bits per heavy atom. The first-order chi connectivity index (χ1) is 7.66. The molecule has 3 rings (SSSR count). The first kappa shape index (κ1) is 10.4. The Morgan fingerprint density at radius 3 is 2.94 bits per heavy atom. The van der Waals surface area contributed by atoms with Crippen molar-refractivity contribution in [2.24, 2.45) is 0 Å². The highest BCUT2D eigenvalue weighted by Crippen LogP contribution is 2.46. The first-order valence-electron chi connectivity index (χ1n) is 5.97. The van der Waals surface area contributed by atoms with Gasteiger partial charge < -0.3 is 4.90 Å². The van der Waals surface area contributed by atoms with Gasteiger partial charge in [-0.3, -0.25) is 10.7 Å². The fourth-order valence-electron chi connectivity index (χ4n) is 2.99. The van der Waals surface area contributed by atoms with E-state index in [9.17, 15) is 4.79 Å². The number of carbonyl (C=O) groups excluding carboxylic acids is 1. The van der Waals surface area contributed by atoms with E-state index in [1.54, 1.807) is 0 Å². The normalized spacial score (nSPS) is 39.3. The van der Waals surface area contributed by atoms with Gasteiger partial charge in [-0.05, 0) is 31.4 Å². The molecule has 3 fully saturated rings. The highest BCUT2D eigenvalue weighted by Gasteiger charge is 2.58. The van der Waals surface area contributed by atoms with Crippen LogP contribution in [0.15, 0.2) is 0 Å². The van der Waals surface area contributed by atoms with Gasteiger partial charge in [0.2, 0.25) is 0 Å². The quantitative estimate of drug-likeness (QED) is 0.733. The van der Waals surface area contributed by atoms with Crippen LogP contribution < -0.4 is 5.32 Å². The van der Waals surface area contributed by atoms with Crippen molar-refractivity contribution in [3.05, 3.63) is 0 Å². The average molecular weight is 239 g/mol. The lowest BCUT2D eigenvalue weighted by atomic mass is 9.87. The summed E-state index contributed by atoms with van der Waals surface area (Å²) in [5.41, 5.74) is -0.318. The number of urea groups is 1. The predicted octanol–water partition coefficient (Wildman–Crippen LogP) is 1.81. The van der Waals surface area contributed by atoms with E-state index in [2.05, 4.69) is 12.2 Å². The molecule has 1 saturated carbocycles. The predicted molar refractivity (Wildman–Crippen MR) is 65.0 cm³/mol. The van der Waals surface area contributed by atoms with Gasteiger partial charge in [0.1, 0.15) is 11.4 Å². The van der Waals surface area contributed by atoms with Crippen molar-refractivity contribution in [3.8, 4) is 0 Å². The van der Waals surface area contributed by atoms with Crippen LogP contribution in [0, 0.1) is 5.41 Å². The molecular weight excluding hydrogens is 222 g/mol. The molecule has 0 aromatic rings. The number of nitrogens with zero attached hydrogens (tertiary/aromatic N) is 1. The molecule has 1 aliphatic carbocycles. The minimum absolute atomic E-state index is 0.0400. The van der Waals surface area contributed by atoms with Gasteiger partial charge in [0, 0.05) is 11.3 Å². The van der Waals surface area contributed by atoms with E-state index in [4.69, 9.17) is 5.41 Å². The monoisotopic (exact) mass is 239 g/mol. The van der Waals surface area contributed by atoms with E-state index in [-0.39, 0.29) is 11.6 Å². The lowest BCUT2D eigenvalue weighted by molar-refractivity contribution is 0.159. The molecule has 1 spiro atoms. The first-order valence-corrected chi connectivity index (χ1v) is 7.02. The van der Waals surface area contributed by atoms with Gasteiger partial charge >= 0.3 is 6.03 Å². The summed E-state index contributed by atoms with van der Waals surface area (Å²) in [6.45, 7) is 2.16. The SMILES string of the molecule is CC1SCCCC12C(=N)NC(=O)N2C1CC1. The number of rotatable bonds is 1. The summed E-state index contributed by atoms with van der Waals surface area (Å²) in [5, 5.41) is 11.2. The zero-order chi connectivity index (χ0) is 11.3. The smallest absolute Gasteiger partial charge is 0.308 e. The Morgan fingerprint density at radius 1 is 1.56 bits per heavy atom. The maximum Gasteiger partial charge on any atom is 0.323 e. The molecule has 0 bridgehead atoms. The average Bonchev–Trinajstić information content (AvgIpc) is 3.01. The number of nitrogens with one attached hydrogen (secondary N) is 2. The Kier molecular flexibility index (Phi) is 2.21. The number of hydrogen-bond donors (Lipinski definition) is 2. The fourth-order valence-corrected chi connectivity index (χ4v) is 4.28. The van der Waals surface area contributed by atoms with Crippen molar-refractivity contribution < 1.29 is 4.79 Å². The maximum atomic E-state index is 11.9. The van der Waals surface area contributed by atoms with Crippen LogP contribution in [-0.4, -0.2) is 39.4 Å². The molecule has 2 aliphatic heterocycles. The van der Waals surface area contributed by atoms with Crippen LogP contribution in [0.5, 0.6) is 0 Å². The third-order valence-corrected chi connectivity index (χ3v) is 5.38. The summed E-state index contributed by atoms with van der Waals surface area (Å²) in [6.07, 6.45) is 4.28. The largest absolute Gasteiger partial charge is 0.323 e. The van der Waals surface area contributed by atoms with Crippen LogP contribution in [0.3, 0.4) is 0 Å². The van der Waals surface area contributed by atoms with Gasteiger partial charge in [-0.25, -0.2) is 4.79 Å². The van der Waals surface area contributed by atoms with E-state index in [1.165, 1.54) is 0 Å². The molecule has 2 N–H and O–H groups in total. The van der Waals surface area contributed by atoms with E-state index >= 15 is 0 Å². The van der Waals surface area contributed by atoms with E-state index in [0.29, 0.717) is 17.1 Å². The molecule has 0 radical (unpaired) electrons. The Balaban J connectivity index is 2.00. The summed E-state index contributed by atoms with van der Waals surface area (Å²) < 4.78 is 0. The lowest BCUT2D eigenvalue weighted by Gasteiger charge is -2.44. The number of hydrogen-bond acceptors (Lipinski definition) is 3. The van der Waals surface area contributed by atoms with Crippen LogP contribution in [0.1, 0.15) is 32.6 Å². The molecule has 2 amide bonds. The van der Waals surface area contributed by atoms with Crippen LogP contribution in [0.25, 0.3) is 0 Å². The second kappa shape index (κ2) is 3.39. The van der Waals surface area contributed by atoms with Crippen molar-refractivity contribution in [3.63, 3.8) is 0 Å². The van der Waals surface area contributed by atoms with Gasteiger partial charge in [-0.2, -0.15) is 11.8 Å². The van der Waals surface area contributed by atoms with Gasteiger partial charge in [0.25, 0.3) is 0 Å². The van der Waals surface area contributed by atoms with Crippen LogP contribution in [0.2, 0.25) is 0 Å². The molecule has 2 atom stereocenters. The molecule has 5 heteroatoms. The van der Waals surface area contributed by atoms with E-state index < -0.39 is 0 Å². The molecule has 4 nitrogen and oxygen atoms in total. The second-order valence-corrected chi connectivity index (χ2v) is 6.40. The number of carbonyl (C=O) groups is 1. The summed E-state index contributed by atoms with van der Waals surface area (Å²) in [6, 6.07) is 0.353. The summed E-state index contributed by atoms with van der Waals surface area (Å²) in [4.78, 5) is 13.9. The van der Waals surface area contributed by atoms with Crippen molar-refractivity contribution in [1.82, 2.24) is 10.2 Å². The molecule has 0 aromatic heterocycles. The molecule has 0 aromatic carbocycles. The van der Waals surface area contributed by atoms with Gasteiger partial charge in [0.05, 0.1) is 0 Å². The minimum Gasteiger partial charge on any atom is -0.308 e. The van der Waals surface area contributed by atoms with Crippen LogP contribution >= 0.6 is 11.8 Å². The second-order valence-electron chi connectivity index (χ2n) is 4.95. The molecule has 16 heavy (non-hydrogen) atoms. The zero-order valence-corrected chi connectivity index (χ0v) is 10.3. The maximum absolute atomic E-state index is 11.9. The minimum atomic E-state index is -0.318. The standard InChI is InChI=1S/C11H17N3OS/c1-7-11(5-2-6-16-7)9(12)13-10(15)14(11)8-3-4-8/h7-8H,2-6H2,1H3,(H2,12,13,15). The van der Waals surface area contributed by atoms with Crippen LogP contribution in [-0.2, 0) is 0 Å². The van der Waals surface area contributed by atoms with Gasteiger partial charge in [-0.15, -0.1) is 0 Å². The third kappa shape index (κ3) is 1.24. The highest BCUT2D eigenvalue weighted by molar-refractivity contribution is 8.00. The van der Waals surface area contributed by atoms with Crippen molar-refractivity contribution >= 4 is 23.6 Å². The molecule has 2 unspecified atom stereocenters. The molecular formula is C11H17N3OS. The number of amides is 2. The molecule has 3 aliphatic rings. The molecule has 2 heterocycles. The Bertz CT molecular complexity index is 355. The summed E-state index contributed by atoms with van der Waals surface area (Å²) >= 11 is 1.89. The van der Waals surface area contributed by atoms with Crippen LogP contribution in [0.4, 0.5) is 4.79 Å². The number of thioether (sulfide) groups is 1. The van der Waals surface area contributed by atoms with Gasteiger partial charge in [-0.1, -0.05) is 6.92 Å². The molecule has 2 saturated heterocycles. The van der Waals surface area contributed by atoms with Gasteiger partial charge in [0.15, 0.2) is 0 Å². The Hall–Kier alpha value is -0.710. The summed E-state index contributed by atoms with van der Waals surface area (Å²) in [7, 11) is 0. The van der Waals surface area contributed by atoms with Crippen molar-refractivity contribution in [2.45, 2.75) is 49.4 Å². The fraction of sp³-hybridized carbons (Fsp3) is 0.818. The lowest BCUT2D eigenvalue weighted by Crippen LogP contribution is -2.58. The third-order valence-electron chi connectivity index (χ3n) is 3.97. The summed E-state index contributed by atoms with van der Waals surface area (Å²) in [5.74, 6) is 1.59. The van der Waals surface area contributed by atoms with Crippen molar-refractivity contribution in [2.75, 3.05) is 5.75 Å². The zero-order valence-electron chi connectivity index (χ0n) is 9.45. The topological polar surface area (TPSA) is 56.2 Å². The van der Waals surface area contributed by atoms with Crippen molar-refractivity contribution in [1.29, 1.82) is 5.41 Å². The Labute approximate surface area is 99.7 Å².